The quantitative estimate of drug-likeness (QED) is 0.710. The van der Waals surface area contributed by atoms with E-state index in [9.17, 15) is 26.3 Å². The summed E-state index contributed by atoms with van der Waals surface area (Å²) in [7, 11) is 0. The van der Waals surface area contributed by atoms with Gasteiger partial charge in [-0.1, -0.05) is 0 Å². The van der Waals surface area contributed by atoms with Crippen molar-refractivity contribution in [3.63, 3.8) is 0 Å². The van der Waals surface area contributed by atoms with Crippen molar-refractivity contribution in [2.75, 3.05) is 11.4 Å². The molecule has 1 aliphatic rings. The van der Waals surface area contributed by atoms with Crippen molar-refractivity contribution in [2.45, 2.75) is 19.0 Å². The molecule has 23 heavy (non-hydrogen) atoms. The van der Waals surface area contributed by atoms with Crippen LogP contribution in [0.15, 0.2) is 24.4 Å². The first-order valence-corrected chi connectivity index (χ1v) is 6.75. The van der Waals surface area contributed by atoms with E-state index in [2.05, 4.69) is 4.98 Å². The molecular weight excluding hydrogens is 322 g/mol. The van der Waals surface area contributed by atoms with Gasteiger partial charge in [0.1, 0.15) is 11.6 Å². The number of anilines is 2. The molecule has 1 aromatic carbocycles. The van der Waals surface area contributed by atoms with E-state index in [1.54, 1.807) is 0 Å². The van der Waals surface area contributed by atoms with Gasteiger partial charge in [0.2, 0.25) is 0 Å². The van der Waals surface area contributed by atoms with Gasteiger partial charge in [-0.3, -0.25) is 0 Å². The fraction of sp³-hybridized carbons (Fsp3) is 0.267. The largest absolute Gasteiger partial charge is 0.436 e. The molecule has 0 radical (unpaired) electrons. The summed E-state index contributed by atoms with van der Waals surface area (Å²) in [6.07, 6.45) is -3.11. The molecule has 1 aromatic heterocycles. The van der Waals surface area contributed by atoms with Crippen LogP contribution in [-0.4, -0.2) is 11.5 Å². The second kappa shape index (κ2) is 5.43. The monoisotopic (exact) mass is 332 g/mol. The highest BCUT2D eigenvalue weighted by atomic mass is 19.4. The van der Waals surface area contributed by atoms with Crippen molar-refractivity contribution in [3.05, 3.63) is 53.1 Å². The van der Waals surface area contributed by atoms with Crippen LogP contribution in [-0.2, 0) is 12.6 Å². The van der Waals surface area contributed by atoms with Gasteiger partial charge >= 0.3 is 6.18 Å². The molecule has 2 nitrogen and oxygen atoms in total. The molecule has 0 N–H and O–H groups in total. The van der Waals surface area contributed by atoms with Gasteiger partial charge in [0.05, 0.1) is 17.6 Å². The molecule has 0 fully saturated rings. The van der Waals surface area contributed by atoms with Crippen molar-refractivity contribution in [3.8, 4) is 0 Å². The number of alkyl halides is 3. The smallest absolute Gasteiger partial charge is 0.338 e. The molecule has 0 bridgehead atoms. The van der Waals surface area contributed by atoms with Crippen LogP contribution in [0.4, 0.5) is 37.7 Å². The third kappa shape index (κ3) is 2.85. The molecule has 0 saturated carbocycles. The standard InChI is InChI=1S/C15H10F6N2/c16-9-4-8-2-1-3-23(13(8)11(17)5-9)10-6-12(18)14(22-7-10)15(19,20)21/h4-7H,1-3H2. The average molecular weight is 332 g/mol. The van der Waals surface area contributed by atoms with Crippen LogP contribution in [0.2, 0.25) is 0 Å². The van der Waals surface area contributed by atoms with Crippen molar-refractivity contribution in [2.24, 2.45) is 0 Å². The molecular formula is C15H10F6N2. The number of benzene rings is 1. The summed E-state index contributed by atoms with van der Waals surface area (Å²) in [5.74, 6) is -3.12. The Kier molecular flexibility index (Phi) is 3.69. The van der Waals surface area contributed by atoms with E-state index in [1.807, 2.05) is 0 Å². The van der Waals surface area contributed by atoms with E-state index in [0.29, 0.717) is 30.5 Å². The minimum Gasteiger partial charge on any atom is -0.338 e. The highest BCUT2D eigenvalue weighted by molar-refractivity contribution is 5.68. The van der Waals surface area contributed by atoms with Gasteiger partial charge < -0.3 is 4.90 Å². The zero-order chi connectivity index (χ0) is 16.8. The van der Waals surface area contributed by atoms with Crippen LogP contribution in [0.5, 0.6) is 0 Å². The maximum absolute atomic E-state index is 14.1. The van der Waals surface area contributed by atoms with E-state index in [-0.39, 0.29) is 17.9 Å². The zero-order valence-corrected chi connectivity index (χ0v) is 11.6. The lowest BCUT2D eigenvalue weighted by Crippen LogP contribution is -2.26. The Hall–Kier alpha value is -2.25. The Morgan fingerprint density at radius 2 is 1.74 bits per heavy atom. The normalized spacial score (nSPS) is 14.8. The van der Waals surface area contributed by atoms with Gasteiger partial charge in [-0.15, -0.1) is 0 Å². The van der Waals surface area contributed by atoms with Gasteiger partial charge in [0.15, 0.2) is 11.5 Å². The van der Waals surface area contributed by atoms with Gasteiger partial charge in [0, 0.05) is 18.7 Å². The van der Waals surface area contributed by atoms with Crippen LogP contribution in [0.3, 0.4) is 0 Å². The van der Waals surface area contributed by atoms with Crippen LogP contribution in [0, 0.1) is 17.5 Å². The Labute approximate surface area is 127 Å². The number of rotatable bonds is 1. The van der Waals surface area contributed by atoms with Crippen LogP contribution in [0.1, 0.15) is 17.7 Å². The van der Waals surface area contributed by atoms with E-state index in [0.717, 1.165) is 6.20 Å². The summed E-state index contributed by atoms with van der Waals surface area (Å²) in [5, 5.41) is 0. The van der Waals surface area contributed by atoms with E-state index >= 15 is 0 Å². The molecule has 0 amide bonds. The molecule has 0 saturated heterocycles. The summed E-state index contributed by atoms with van der Waals surface area (Å²) in [6.45, 7) is 0.266. The highest BCUT2D eigenvalue weighted by Crippen LogP contribution is 2.37. The minimum atomic E-state index is -4.91. The third-order valence-electron chi connectivity index (χ3n) is 3.61. The van der Waals surface area contributed by atoms with Gasteiger partial charge in [-0.2, -0.15) is 13.2 Å². The summed E-state index contributed by atoms with van der Waals surface area (Å²) >= 11 is 0. The van der Waals surface area contributed by atoms with E-state index < -0.39 is 29.3 Å². The van der Waals surface area contributed by atoms with Crippen LogP contribution >= 0.6 is 0 Å². The molecule has 0 aliphatic carbocycles. The number of hydrogen-bond acceptors (Lipinski definition) is 2. The molecule has 3 rings (SSSR count). The number of pyridine rings is 1. The Bertz CT molecular complexity index is 756. The van der Waals surface area contributed by atoms with Crippen molar-refractivity contribution < 1.29 is 26.3 Å². The number of nitrogens with zero attached hydrogens (tertiary/aromatic N) is 2. The second-order valence-corrected chi connectivity index (χ2v) is 5.17. The maximum Gasteiger partial charge on any atom is 0.436 e. The lowest BCUT2D eigenvalue weighted by atomic mass is 10.0. The lowest BCUT2D eigenvalue weighted by molar-refractivity contribution is -0.143. The average Bonchev–Trinajstić information content (AvgIpc) is 2.44. The first-order valence-electron chi connectivity index (χ1n) is 6.75. The first kappa shape index (κ1) is 15.6. The maximum atomic E-state index is 14.1. The topological polar surface area (TPSA) is 16.1 Å². The number of hydrogen-bond donors (Lipinski definition) is 0. The van der Waals surface area contributed by atoms with E-state index in [4.69, 9.17) is 0 Å². The Morgan fingerprint density at radius 3 is 2.39 bits per heavy atom. The van der Waals surface area contributed by atoms with Crippen LogP contribution < -0.4 is 4.90 Å². The fourth-order valence-corrected chi connectivity index (χ4v) is 2.69. The van der Waals surface area contributed by atoms with Crippen molar-refractivity contribution in [1.29, 1.82) is 0 Å². The minimum absolute atomic E-state index is 0.0121. The summed E-state index contributed by atoms with van der Waals surface area (Å²) in [6, 6.07) is 2.51. The molecule has 2 aromatic rings. The molecule has 0 spiro atoms. The summed E-state index contributed by atoms with van der Waals surface area (Å²) < 4.78 is 78.7. The van der Waals surface area contributed by atoms with E-state index in [1.165, 1.54) is 11.0 Å². The van der Waals surface area contributed by atoms with Crippen LogP contribution in [0.25, 0.3) is 0 Å². The van der Waals surface area contributed by atoms with Crippen molar-refractivity contribution in [1.82, 2.24) is 4.98 Å². The third-order valence-corrected chi connectivity index (χ3v) is 3.61. The number of fused-ring (bicyclic) bond motifs is 1. The second-order valence-electron chi connectivity index (χ2n) is 5.17. The SMILES string of the molecule is Fc1cc(F)c2c(c1)CCCN2c1cnc(C(F)(F)F)c(F)c1. The lowest BCUT2D eigenvalue weighted by Gasteiger charge is -2.31. The Balaban J connectivity index is 2.07. The number of halogens is 6. The number of aryl methyl sites for hydroxylation is 1. The predicted octanol–water partition coefficient (Wildman–Crippen LogP) is 4.60. The summed E-state index contributed by atoms with van der Waals surface area (Å²) in [4.78, 5) is 4.42. The molecule has 1 aliphatic heterocycles. The number of aromatic nitrogens is 1. The first-order chi connectivity index (χ1) is 10.8. The van der Waals surface area contributed by atoms with Gasteiger partial charge in [-0.25, -0.2) is 18.2 Å². The Morgan fingerprint density at radius 1 is 1.00 bits per heavy atom. The van der Waals surface area contributed by atoms with Gasteiger partial charge in [0.25, 0.3) is 0 Å². The molecule has 2 heterocycles. The summed E-state index contributed by atoms with van der Waals surface area (Å²) in [5.41, 5.74) is -1.22. The fourth-order valence-electron chi connectivity index (χ4n) is 2.69. The molecule has 8 heteroatoms. The highest BCUT2D eigenvalue weighted by Gasteiger charge is 2.36. The molecule has 0 atom stereocenters. The van der Waals surface area contributed by atoms with Crippen molar-refractivity contribution >= 4 is 11.4 Å². The molecule has 0 unspecified atom stereocenters. The molecule has 122 valence electrons. The zero-order valence-electron chi connectivity index (χ0n) is 11.6. The predicted molar refractivity (Wildman–Crippen MR) is 70.9 cm³/mol. The van der Waals surface area contributed by atoms with Gasteiger partial charge in [-0.05, 0) is 24.5 Å².